The molecule has 92 valence electrons. The average molecular weight is 230 g/mol. The molecular weight excluding hydrogens is 208 g/mol. The molecule has 0 unspecified atom stereocenters. The fraction of sp³-hybridized carbons (Fsp3) is 0.600. The number of nitrogens with one attached hydrogen (secondary N) is 1. The van der Waals surface area contributed by atoms with E-state index in [1.807, 2.05) is 0 Å². The molecule has 2 atom stereocenters. The van der Waals surface area contributed by atoms with Crippen LogP contribution in [-0.2, 0) is 6.42 Å². The summed E-state index contributed by atoms with van der Waals surface area (Å²) in [6, 6.07) is 11.6. The van der Waals surface area contributed by atoms with Gasteiger partial charge in [0.2, 0.25) is 0 Å². The number of rotatable bonds is 3. The van der Waals surface area contributed by atoms with Gasteiger partial charge in [0, 0.05) is 19.1 Å². The van der Waals surface area contributed by atoms with Crippen LogP contribution in [0.3, 0.4) is 0 Å². The molecule has 3 rings (SSSR count). The Morgan fingerprint density at radius 1 is 1.18 bits per heavy atom. The van der Waals surface area contributed by atoms with Gasteiger partial charge < -0.3 is 10.2 Å². The Labute approximate surface area is 104 Å². The Balaban J connectivity index is 1.50. The molecule has 1 aromatic carbocycles. The van der Waals surface area contributed by atoms with E-state index in [2.05, 4.69) is 40.5 Å². The number of piperidine rings is 1. The van der Waals surface area contributed by atoms with E-state index < -0.39 is 0 Å². The number of hydrogen-bond donors (Lipinski definition) is 1. The van der Waals surface area contributed by atoms with Crippen molar-refractivity contribution < 1.29 is 0 Å². The van der Waals surface area contributed by atoms with Gasteiger partial charge in [0.1, 0.15) is 0 Å². The van der Waals surface area contributed by atoms with E-state index in [0.717, 1.165) is 12.0 Å². The fourth-order valence-electron chi connectivity index (χ4n) is 3.23. The van der Waals surface area contributed by atoms with Gasteiger partial charge in [-0.05, 0) is 43.8 Å². The largest absolute Gasteiger partial charge is 0.312 e. The van der Waals surface area contributed by atoms with Crippen LogP contribution in [0.1, 0.15) is 18.4 Å². The standard InChI is InChI=1S/C15H22N2/c1-2-4-13(5-3-1)7-10-17-11-8-14-6-9-16-15(14)12-17/h1-5,14-16H,6-12H2/t14-,15-/m1/s1. The summed E-state index contributed by atoms with van der Waals surface area (Å²) in [6.45, 7) is 5.02. The van der Waals surface area contributed by atoms with Gasteiger partial charge in [-0.25, -0.2) is 0 Å². The highest BCUT2D eigenvalue weighted by atomic mass is 15.2. The SMILES string of the molecule is c1ccc(CCN2CC[C@H]3CCN[C@@H]3C2)cc1. The third-order valence-electron chi connectivity index (χ3n) is 4.32. The lowest BCUT2D eigenvalue weighted by molar-refractivity contribution is 0.168. The van der Waals surface area contributed by atoms with Gasteiger partial charge in [0.05, 0.1) is 0 Å². The smallest absolute Gasteiger partial charge is 0.0224 e. The summed E-state index contributed by atoms with van der Waals surface area (Å²) in [6.07, 6.45) is 3.99. The maximum atomic E-state index is 3.65. The number of benzene rings is 1. The molecule has 0 radical (unpaired) electrons. The zero-order valence-corrected chi connectivity index (χ0v) is 10.4. The van der Waals surface area contributed by atoms with Crippen LogP contribution in [-0.4, -0.2) is 37.1 Å². The molecule has 0 aliphatic carbocycles. The van der Waals surface area contributed by atoms with E-state index in [4.69, 9.17) is 0 Å². The first-order valence-electron chi connectivity index (χ1n) is 6.91. The van der Waals surface area contributed by atoms with Gasteiger partial charge in [-0.3, -0.25) is 0 Å². The number of nitrogens with zero attached hydrogens (tertiary/aromatic N) is 1. The number of likely N-dealkylation sites (tertiary alicyclic amines) is 1. The molecule has 17 heavy (non-hydrogen) atoms. The Morgan fingerprint density at radius 3 is 2.94 bits per heavy atom. The molecule has 0 amide bonds. The summed E-state index contributed by atoms with van der Waals surface area (Å²) in [5, 5.41) is 3.65. The van der Waals surface area contributed by atoms with Crippen molar-refractivity contribution in [1.29, 1.82) is 0 Å². The predicted octanol–water partition coefficient (Wildman–Crippen LogP) is 1.91. The zero-order valence-electron chi connectivity index (χ0n) is 10.4. The molecule has 1 N–H and O–H groups in total. The van der Waals surface area contributed by atoms with Crippen molar-refractivity contribution >= 4 is 0 Å². The van der Waals surface area contributed by atoms with E-state index in [-0.39, 0.29) is 0 Å². The molecule has 1 aromatic rings. The van der Waals surface area contributed by atoms with Crippen LogP contribution in [0, 0.1) is 5.92 Å². The summed E-state index contributed by atoms with van der Waals surface area (Å²) in [4.78, 5) is 2.63. The van der Waals surface area contributed by atoms with Gasteiger partial charge in [0.25, 0.3) is 0 Å². The average Bonchev–Trinajstić information content (AvgIpc) is 2.85. The van der Waals surface area contributed by atoms with E-state index in [1.54, 1.807) is 0 Å². The molecule has 2 aliphatic rings. The first kappa shape index (κ1) is 11.2. The highest BCUT2D eigenvalue weighted by Gasteiger charge is 2.31. The van der Waals surface area contributed by atoms with Crippen LogP contribution >= 0.6 is 0 Å². The second-order valence-electron chi connectivity index (χ2n) is 5.43. The molecule has 2 heteroatoms. The van der Waals surface area contributed by atoms with Crippen LogP contribution in [0.2, 0.25) is 0 Å². The Kier molecular flexibility index (Phi) is 3.44. The number of hydrogen-bond acceptors (Lipinski definition) is 2. The van der Waals surface area contributed by atoms with Crippen molar-refractivity contribution in [1.82, 2.24) is 10.2 Å². The van der Waals surface area contributed by atoms with Crippen molar-refractivity contribution in [3.63, 3.8) is 0 Å². The van der Waals surface area contributed by atoms with E-state index in [9.17, 15) is 0 Å². The van der Waals surface area contributed by atoms with Crippen molar-refractivity contribution in [2.45, 2.75) is 25.3 Å². The van der Waals surface area contributed by atoms with Gasteiger partial charge in [0.15, 0.2) is 0 Å². The Bertz CT molecular complexity index is 349. The summed E-state index contributed by atoms with van der Waals surface area (Å²) >= 11 is 0. The summed E-state index contributed by atoms with van der Waals surface area (Å²) < 4.78 is 0. The highest BCUT2D eigenvalue weighted by Crippen LogP contribution is 2.25. The molecule has 0 spiro atoms. The topological polar surface area (TPSA) is 15.3 Å². The van der Waals surface area contributed by atoms with E-state index >= 15 is 0 Å². The zero-order chi connectivity index (χ0) is 11.5. The van der Waals surface area contributed by atoms with Crippen molar-refractivity contribution in [2.24, 2.45) is 5.92 Å². The highest BCUT2D eigenvalue weighted by molar-refractivity contribution is 5.14. The third kappa shape index (κ3) is 2.70. The number of fused-ring (bicyclic) bond motifs is 1. The normalized spacial score (nSPS) is 29.2. The van der Waals surface area contributed by atoms with Gasteiger partial charge in [-0.15, -0.1) is 0 Å². The summed E-state index contributed by atoms with van der Waals surface area (Å²) in [5.74, 6) is 0.961. The van der Waals surface area contributed by atoms with E-state index in [1.165, 1.54) is 51.0 Å². The fourth-order valence-corrected chi connectivity index (χ4v) is 3.23. The first-order valence-corrected chi connectivity index (χ1v) is 6.91. The van der Waals surface area contributed by atoms with Crippen LogP contribution < -0.4 is 5.32 Å². The molecule has 2 fully saturated rings. The van der Waals surface area contributed by atoms with Gasteiger partial charge in [-0.2, -0.15) is 0 Å². The molecule has 0 saturated carbocycles. The minimum absolute atomic E-state index is 0.777. The molecule has 2 aliphatic heterocycles. The summed E-state index contributed by atoms with van der Waals surface area (Å²) in [7, 11) is 0. The second-order valence-corrected chi connectivity index (χ2v) is 5.43. The maximum Gasteiger partial charge on any atom is 0.0224 e. The van der Waals surface area contributed by atoms with E-state index in [0.29, 0.717) is 0 Å². The van der Waals surface area contributed by atoms with Crippen LogP contribution in [0.5, 0.6) is 0 Å². The molecule has 0 aromatic heterocycles. The van der Waals surface area contributed by atoms with Crippen molar-refractivity contribution in [2.75, 3.05) is 26.2 Å². The second kappa shape index (κ2) is 5.19. The van der Waals surface area contributed by atoms with Crippen LogP contribution in [0.4, 0.5) is 0 Å². The quantitative estimate of drug-likeness (QED) is 0.853. The lowest BCUT2D eigenvalue weighted by Gasteiger charge is -2.34. The lowest BCUT2D eigenvalue weighted by Crippen LogP contribution is -2.46. The van der Waals surface area contributed by atoms with Crippen LogP contribution in [0.25, 0.3) is 0 Å². The molecule has 2 nitrogen and oxygen atoms in total. The van der Waals surface area contributed by atoms with Crippen molar-refractivity contribution in [3.05, 3.63) is 35.9 Å². The minimum Gasteiger partial charge on any atom is -0.312 e. The molecule has 0 bridgehead atoms. The predicted molar refractivity (Wildman–Crippen MR) is 71.1 cm³/mol. The maximum absolute atomic E-state index is 3.65. The lowest BCUT2D eigenvalue weighted by atomic mass is 9.92. The van der Waals surface area contributed by atoms with Crippen LogP contribution in [0.15, 0.2) is 30.3 Å². The molecular formula is C15H22N2. The summed E-state index contributed by atoms with van der Waals surface area (Å²) in [5.41, 5.74) is 1.47. The third-order valence-corrected chi connectivity index (χ3v) is 4.32. The van der Waals surface area contributed by atoms with Crippen molar-refractivity contribution in [3.8, 4) is 0 Å². The Hall–Kier alpha value is -0.860. The van der Waals surface area contributed by atoms with Gasteiger partial charge >= 0.3 is 0 Å². The Morgan fingerprint density at radius 2 is 2.06 bits per heavy atom. The first-order chi connectivity index (χ1) is 8.42. The monoisotopic (exact) mass is 230 g/mol. The minimum atomic E-state index is 0.777. The van der Waals surface area contributed by atoms with Gasteiger partial charge in [-0.1, -0.05) is 30.3 Å². The molecule has 2 heterocycles. The molecule has 2 saturated heterocycles.